The van der Waals surface area contributed by atoms with Gasteiger partial charge in [-0.2, -0.15) is 15.3 Å². The molecule has 1 N–H and O–H groups in total. The Labute approximate surface area is 708 Å². The Bertz CT molecular complexity index is 5700. The van der Waals surface area contributed by atoms with Gasteiger partial charge in [-0.15, -0.1) is 0 Å². The molecule has 29 nitrogen and oxygen atoms in total. The highest BCUT2D eigenvalue weighted by atomic mass is 35.7. The van der Waals surface area contributed by atoms with Gasteiger partial charge in [-0.05, 0) is 184 Å². The quantitative estimate of drug-likeness (QED) is 0.0694. The number of ether oxygens (including phenoxy) is 2. The van der Waals surface area contributed by atoms with Crippen LogP contribution in [-0.2, 0) is 73.7 Å². The van der Waals surface area contributed by atoms with Crippen molar-refractivity contribution in [1.82, 2.24) is 67.8 Å². The van der Waals surface area contributed by atoms with Crippen LogP contribution in [0.5, 0.6) is 0 Å². The fourth-order valence-corrected chi connectivity index (χ4v) is 16.4. The third-order valence-corrected chi connectivity index (χ3v) is 24.1. The maximum atomic E-state index is 13.9. The maximum Gasteiger partial charge on any atom is 0.410 e. The number of amides is 4. The van der Waals surface area contributed by atoms with Crippen molar-refractivity contribution in [1.29, 1.82) is 0 Å². The molecular formula is C86H104Cl2F3N17O12S. The van der Waals surface area contributed by atoms with E-state index in [1.165, 1.54) is 107 Å². The van der Waals surface area contributed by atoms with Crippen molar-refractivity contribution in [2.24, 2.45) is 27.1 Å². The number of anilines is 3. The molecule has 2 saturated heterocycles. The second kappa shape index (κ2) is 38.9. The molecule has 4 aromatic carbocycles. The van der Waals surface area contributed by atoms with Crippen molar-refractivity contribution < 1.29 is 55.0 Å². The third-order valence-electron chi connectivity index (χ3n) is 22.6. The van der Waals surface area contributed by atoms with E-state index in [1.807, 2.05) is 81.2 Å². The number of carbonyl (C=O) groups is 5. The highest BCUT2D eigenvalue weighted by molar-refractivity contribution is 8.13. The highest BCUT2D eigenvalue weighted by Gasteiger charge is 2.43. The monoisotopic (exact) mass is 1730 g/mol. The molecule has 8 heterocycles. The molecule has 0 radical (unpaired) electrons. The number of nitrogens with zero attached hydrogens (tertiary/aromatic N) is 16. The van der Waals surface area contributed by atoms with E-state index in [9.17, 15) is 59.9 Å². The van der Waals surface area contributed by atoms with E-state index in [1.54, 1.807) is 89.7 Å². The average molecular weight is 1730 g/mol. The number of hydrogen-bond acceptors (Lipinski definition) is 19. The normalized spacial score (nSPS) is 17.2. The van der Waals surface area contributed by atoms with Crippen LogP contribution < -0.4 is 31.8 Å². The minimum atomic E-state index is -4.24. The first kappa shape index (κ1) is 89.5. The lowest BCUT2D eigenvalue weighted by molar-refractivity contribution is -0.128. The zero-order valence-electron chi connectivity index (χ0n) is 69.5. The number of aromatic nitrogens is 12. The van der Waals surface area contributed by atoms with E-state index >= 15 is 0 Å². The number of nitrogens with one attached hydrogen (secondary N) is 1. The predicted molar refractivity (Wildman–Crippen MR) is 454 cm³/mol. The molecule has 4 saturated carbocycles. The number of aryl methyl sites for hydroxylation is 3. The Kier molecular flexibility index (Phi) is 28.8. The summed E-state index contributed by atoms with van der Waals surface area (Å²) in [4.78, 5) is 119. The maximum absolute atomic E-state index is 13.9. The molecular weight excluding hydrogens is 1620 g/mol. The summed E-state index contributed by atoms with van der Waals surface area (Å²) in [6.45, 7) is 13.1. The summed E-state index contributed by atoms with van der Waals surface area (Å²) >= 11 is 5.30. The van der Waals surface area contributed by atoms with Gasteiger partial charge in [-0.1, -0.05) is 64.2 Å². The van der Waals surface area contributed by atoms with E-state index in [-0.39, 0.29) is 41.0 Å². The van der Waals surface area contributed by atoms with Gasteiger partial charge < -0.3 is 38.3 Å². The summed E-state index contributed by atoms with van der Waals surface area (Å²) in [5.74, 6) is -4.90. The Hall–Kier alpha value is -10.8. The first-order chi connectivity index (χ1) is 57.5. The lowest BCUT2D eigenvalue weighted by atomic mass is 9.84. The summed E-state index contributed by atoms with van der Waals surface area (Å²) in [7, 11) is 5.45. The van der Waals surface area contributed by atoms with Gasteiger partial charge in [0.15, 0.2) is 17.5 Å². The van der Waals surface area contributed by atoms with Crippen LogP contribution in [0.25, 0.3) is 32.3 Å². The second-order valence-electron chi connectivity index (χ2n) is 33.6. The predicted octanol–water partition coefficient (Wildman–Crippen LogP) is 15.2. The van der Waals surface area contributed by atoms with Crippen molar-refractivity contribution in [2.45, 2.75) is 236 Å². The number of benzene rings is 4. The Balaban J connectivity index is 0.000000146. The van der Waals surface area contributed by atoms with Gasteiger partial charge >= 0.3 is 12.2 Å². The summed E-state index contributed by atoms with van der Waals surface area (Å²) in [6.07, 6.45) is 39.1. The zero-order valence-corrected chi connectivity index (χ0v) is 71.9. The van der Waals surface area contributed by atoms with Crippen LogP contribution in [0.3, 0.4) is 0 Å². The fraction of sp³-hybridized carbons (Fsp3) is 0.488. The molecule has 6 aliphatic rings. The van der Waals surface area contributed by atoms with Gasteiger partial charge in [-0.3, -0.25) is 38.6 Å². The molecule has 2 aliphatic heterocycles. The van der Waals surface area contributed by atoms with Crippen molar-refractivity contribution >= 4 is 110 Å². The smallest absolute Gasteiger partial charge is 0.410 e. The van der Waals surface area contributed by atoms with E-state index in [0.717, 1.165) is 71.3 Å². The molecule has 0 spiro atoms. The van der Waals surface area contributed by atoms with Gasteiger partial charge in [0.1, 0.15) is 23.3 Å². The molecule has 6 fully saturated rings. The summed E-state index contributed by atoms with van der Waals surface area (Å²) in [5.41, 5.74) is 3.51. The van der Waals surface area contributed by atoms with Crippen molar-refractivity contribution in [3.05, 3.63) is 188 Å². The van der Waals surface area contributed by atoms with Crippen LogP contribution in [-0.4, -0.2) is 142 Å². The molecule has 10 aromatic rings. The van der Waals surface area contributed by atoms with E-state index in [2.05, 4.69) is 61.7 Å². The SMILES string of the molecule is CC(C)(C)OC(=O)N1CC[C@@H]1C(=O)Cl.Cn1ncc2cc(N(Cc3cn(C4CCCCC4)cn3)C(=O)C3CCC3)ccc2c1=O.Cn1ncc2cc(N(Cc3cn(C4CCCCC4)cn3)C(=O)[C@H]3CCN3C(=O)OC(C)(C)C)ccc2c1=O.Cn1ncc2cc(NCc3cn(C4CCCCC4)cn3)ccc2c1=O.O=S(=O)(Cl)c1cc(F)c(F)c(F)c1. The number of likely N-dealkylation sites (tertiary alicyclic amines) is 2. The van der Waals surface area contributed by atoms with Crippen LogP contribution in [0.2, 0.25) is 0 Å². The van der Waals surface area contributed by atoms with Gasteiger partial charge in [0, 0.05) is 121 Å². The van der Waals surface area contributed by atoms with Crippen LogP contribution in [0.1, 0.15) is 205 Å². The first-order valence-electron chi connectivity index (χ1n) is 41.1. The molecule has 121 heavy (non-hydrogen) atoms. The standard InChI is InChI=1S/C28H36N6O4.C24H29N5O2.C19H23N5O.C9H14ClNO3.C6H2ClF3O2S/c1-28(2,3)38-27(37)33-13-12-24(33)26(36)34(17-20-16-32(18-29-20)21-8-6-5-7-9-21)22-10-11-23-19(14-22)15-30-31(4)25(23)35;1-27-24(31)22-11-10-21(12-18(22)13-26-27)29(23(30)17-6-5-7-17)15-19-14-28(16-25-19)20-8-3-2-4-9-20;1-23-19(25)18-8-7-15(9-14(18)10-22-23)20-11-16-12-24(13-21-16)17-5-3-2-4-6-17;1-9(2,3)14-8(13)11-5-4-6(11)7(10)12;7-13(11,12)3-1-4(8)6(10)5(9)2-3/h10-11,14-16,18,21,24H,5-9,12-13,17H2,1-4H3;10-14,16-17,20H,2-9,15H2,1H3;7-10,12-13,17,20H,2-6,11H2,1H3;6H,4-5H2,1-3H3;1-2H/t24-;;;6-;/m1..1./s1. The Morgan fingerprint density at radius 3 is 1.25 bits per heavy atom. The summed E-state index contributed by atoms with van der Waals surface area (Å²) in [6, 6.07) is 17.7. The molecule has 16 rings (SSSR count). The number of fused-ring (bicyclic) bond motifs is 3. The summed E-state index contributed by atoms with van der Waals surface area (Å²) < 4.78 is 79.6. The first-order valence-corrected chi connectivity index (χ1v) is 43.8. The van der Waals surface area contributed by atoms with Gasteiger partial charge in [0.2, 0.25) is 17.1 Å². The Morgan fingerprint density at radius 2 is 0.876 bits per heavy atom. The fourth-order valence-electron chi connectivity index (χ4n) is 15.5. The van der Waals surface area contributed by atoms with E-state index < -0.39 is 72.1 Å². The number of rotatable bonds is 16. The van der Waals surface area contributed by atoms with Crippen LogP contribution >= 0.6 is 22.3 Å². The lowest BCUT2D eigenvalue weighted by Crippen LogP contribution is -2.59. The third kappa shape index (κ3) is 22.7. The van der Waals surface area contributed by atoms with E-state index in [0.29, 0.717) is 96.5 Å². The van der Waals surface area contributed by atoms with Crippen LogP contribution in [0.15, 0.2) is 142 Å². The zero-order chi connectivity index (χ0) is 86.8. The van der Waals surface area contributed by atoms with E-state index in [4.69, 9.17) is 31.8 Å². The summed E-state index contributed by atoms with van der Waals surface area (Å²) in [5, 5.41) is 19.3. The van der Waals surface area contributed by atoms with Gasteiger partial charge in [0.25, 0.3) is 25.7 Å². The lowest BCUT2D eigenvalue weighted by Gasteiger charge is -2.42. The molecule has 2 atom stereocenters. The number of hydrogen-bond donors (Lipinski definition) is 1. The topological polar surface area (TPSA) is 321 Å². The number of imidazole rings is 3. The molecule has 6 aromatic heterocycles. The molecule has 0 unspecified atom stereocenters. The number of carbonyl (C=O) groups excluding carboxylic acids is 5. The van der Waals surface area contributed by atoms with Crippen molar-refractivity contribution in [2.75, 3.05) is 28.2 Å². The molecule has 4 amide bonds. The second-order valence-corrected chi connectivity index (χ2v) is 36.5. The molecule has 0 bridgehead atoms. The Morgan fingerprint density at radius 1 is 0.496 bits per heavy atom. The molecule has 4 aliphatic carbocycles. The number of halogens is 5. The average Bonchev–Trinajstić information content (AvgIpc) is 1.47. The van der Waals surface area contributed by atoms with Gasteiger partial charge in [-0.25, -0.2) is 60.2 Å². The molecule has 35 heteroatoms. The largest absolute Gasteiger partial charge is 0.444 e. The minimum absolute atomic E-state index is 0.0738. The van der Waals surface area contributed by atoms with Crippen LogP contribution in [0, 0.1) is 23.4 Å². The minimum Gasteiger partial charge on any atom is -0.444 e. The van der Waals surface area contributed by atoms with Crippen LogP contribution in [0.4, 0.5) is 39.8 Å². The van der Waals surface area contributed by atoms with Crippen molar-refractivity contribution in [3.8, 4) is 0 Å². The van der Waals surface area contributed by atoms with Gasteiger partial charge in [0.05, 0.1) is 95.3 Å². The molecule has 646 valence electrons. The van der Waals surface area contributed by atoms with Crippen molar-refractivity contribution in [3.63, 3.8) is 0 Å². The highest BCUT2D eigenvalue weighted by Crippen LogP contribution is 2.36.